The lowest BCUT2D eigenvalue weighted by Crippen LogP contribution is -2.01. The maximum Gasteiger partial charge on any atom is 0.237 e. The van der Waals surface area contributed by atoms with Crippen LogP contribution in [0.4, 0.5) is 5.69 Å². The van der Waals surface area contributed by atoms with Gasteiger partial charge in [0, 0.05) is 16.8 Å². The fourth-order valence-corrected chi connectivity index (χ4v) is 2.62. The molecule has 1 aliphatic rings. The highest BCUT2D eigenvalue weighted by atomic mass is 15.3. The van der Waals surface area contributed by atoms with Gasteiger partial charge in [-0.3, -0.25) is 10.5 Å². The molecule has 0 bridgehead atoms. The summed E-state index contributed by atoms with van der Waals surface area (Å²) in [7, 11) is 0. The predicted molar refractivity (Wildman–Crippen MR) is 82.9 cm³/mol. The highest BCUT2D eigenvalue weighted by molar-refractivity contribution is 6.10. The second-order valence-electron chi connectivity index (χ2n) is 5.11. The Balaban J connectivity index is 1.81. The number of rotatable bonds is 3. The van der Waals surface area contributed by atoms with Gasteiger partial charge in [-0.1, -0.05) is 12.1 Å². The molecular formula is C16H14N6. The number of nitrogens with zero attached hydrogens (tertiary/aromatic N) is 4. The Morgan fingerprint density at radius 2 is 1.86 bits per heavy atom. The van der Waals surface area contributed by atoms with Crippen LogP contribution in [0, 0.1) is 22.7 Å². The average Bonchev–Trinajstić information content (AvgIpc) is 3.00. The van der Waals surface area contributed by atoms with E-state index in [-0.39, 0.29) is 5.71 Å². The van der Waals surface area contributed by atoms with Gasteiger partial charge in [0.1, 0.15) is 12.1 Å². The lowest BCUT2D eigenvalue weighted by molar-refractivity contribution is 0.675. The molecule has 3 rings (SSSR count). The maximum atomic E-state index is 8.63. The van der Waals surface area contributed by atoms with Crippen molar-refractivity contribution in [2.75, 3.05) is 5.43 Å². The van der Waals surface area contributed by atoms with Crippen molar-refractivity contribution >= 4 is 11.4 Å². The molecule has 0 saturated carbocycles. The van der Waals surface area contributed by atoms with Gasteiger partial charge in [0.25, 0.3) is 0 Å². The van der Waals surface area contributed by atoms with Crippen molar-refractivity contribution < 1.29 is 0 Å². The molecule has 0 radical (unpaired) electrons. The van der Waals surface area contributed by atoms with E-state index in [1.54, 1.807) is 12.1 Å². The first kappa shape index (κ1) is 13.8. The number of anilines is 1. The molecule has 0 amide bonds. The summed E-state index contributed by atoms with van der Waals surface area (Å²) in [6.45, 7) is 0. The Morgan fingerprint density at radius 1 is 1.14 bits per heavy atom. The zero-order chi connectivity index (χ0) is 15.4. The number of aromatic nitrogens is 2. The Bertz CT molecular complexity index is 770. The number of hydrogen-bond acceptors (Lipinski definition) is 5. The fourth-order valence-electron chi connectivity index (χ4n) is 2.62. The molecule has 2 aromatic rings. The van der Waals surface area contributed by atoms with E-state index in [2.05, 4.69) is 20.7 Å². The second-order valence-corrected chi connectivity index (χ2v) is 5.11. The lowest BCUT2D eigenvalue weighted by Gasteiger charge is -2.11. The second kappa shape index (κ2) is 6.11. The van der Waals surface area contributed by atoms with E-state index in [1.807, 2.05) is 24.3 Å². The quantitative estimate of drug-likeness (QED) is 0.670. The molecule has 1 aromatic carbocycles. The topological polar surface area (TPSA) is 101 Å². The molecule has 6 heteroatoms. The van der Waals surface area contributed by atoms with Crippen molar-refractivity contribution in [3.63, 3.8) is 0 Å². The molecule has 0 saturated heterocycles. The molecule has 2 N–H and O–H groups in total. The van der Waals surface area contributed by atoms with Gasteiger partial charge in [-0.25, -0.2) is 0 Å². The molecule has 1 heterocycles. The third kappa shape index (κ3) is 2.68. The predicted octanol–water partition coefficient (Wildman–Crippen LogP) is 2.77. The third-order valence-corrected chi connectivity index (χ3v) is 3.72. The standard InChI is InChI=1S/C16H14N6/c17-9-13(10-18)20-19-12-7-5-11(6-8-12)16-14-3-1-2-4-15(14)21-22-16/h5-8,19H,1-4H2,(H,21,22). The maximum absolute atomic E-state index is 8.63. The van der Waals surface area contributed by atoms with Crippen molar-refractivity contribution in [2.45, 2.75) is 25.7 Å². The molecule has 1 aliphatic carbocycles. The van der Waals surface area contributed by atoms with E-state index in [4.69, 9.17) is 10.5 Å². The third-order valence-electron chi connectivity index (χ3n) is 3.72. The van der Waals surface area contributed by atoms with Gasteiger partial charge < -0.3 is 0 Å². The number of nitrogens with one attached hydrogen (secondary N) is 2. The molecule has 0 atom stereocenters. The van der Waals surface area contributed by atoms with Gasteiger partial charge in [0.2, 0.25) is 5.71 Å². The van der Waals surface area contributed by atoms with Gasteiger partial charge in [-0.15, -0.1) is 0 Å². The van der Waals surface area contributed by atoms with Crippen molar-refractivity contribution in [1.82, 2.24) is 10.2 Å². The number of nitriles is 2. The van der Waals surface area contributed by atoms with Gasteiger partial charge >= 0.3 is 0 Å². The highest BCUT2D eigenvalue weighted by Crippen LogP contribution is 2.29. The van der Waals surface area contributed by atoms with Crippen molar-refractivity contribution in [2.24, 2.45) is 5.10 Å². The Morgan fingerprint density at radius 3 is 2.59 bits per heavy atom. The van der Waals surface area contributed by atoms with Crippen LogP contribution >= 0.6 is 0 Å². The van der Waals surface area contributed by atoms with Crippen LogP contribution in [0.1, 0.15) is 24.1 Å². The number of hydrazone groups is 1. The molecule has 0 unspecified atom stereocenters. The van der Waals surface area contributed by atoms with Crippen LogP contribution in [0.2, 0.25) is 0 Å². The van der Waals surface area contributed by atoms with E-state index in [9.17, 15) is 0 Å². The number of benzene rings is 1. The zero-order valence-corrected chi connectivity index (χ0v) is 11.9. The molecule has 0 spiro atoms. The Kier molecular flexibility index (Phi) is 3.84. The van der Waals surface area contributed by atoms with Crippen LogP contribution in [-0.4, -0.2) is 15.9 Å². The number of aryl methyl sites for hydroxylation is 1. The van der Waals surface area contributed by atoms with Crippen LogP contribution in [0.25, 0.3) is 11.3 Å². The van der Waals surface area contributed by atoms with E-state index >= 15 is 0 Å². The molecule has 108 valence electrons. The summed E-state index contributed by atoms with van der Waals surface area (Å²) in [6.07, 6.45) is 4.57. The van der Waals surface area contributed by atoms with Gasteiger partial charge in [-0.2, -0.15) is 20.7 Å². The number of H-pyrrole nitrogens is 1. The van der Waals surface area contributed by atoms with Crippen LogP contribution in [-0.2, 0) is 12.8 Å². The molecule has 6 nitrogen and oxygen atoms in total. The largest absolute Gasteiger partial charge is 0.282 e. The monoisotopic (exact) mass is 290 g/mol. The fraction of sp³-hybridized carbons (Fsp3) is 0.250. The summed E-state index contributed by atoms with van der Waals surface area (Å²) in [5, 5.41) is 28.6. The number of hydrogen-bond donors (Lipinski definition) is 2. The van der Waals surface area contributed by atoms with Crippen LogP contribution in [0.5, 0.6) is 0 Å². The van der Waals surface area contributed by atoms with Crippen LogP contribution in [0.15, 0.2) is 29.4 Å². The Hall–Kier alpha value is -3.12. The normalized spacial score (nSPS) is 12.6. The van der Waals surface area contributed by atoms with Gasteiger partial charge in [-0.05, 0) is 37.8 Å². The van der Waals surface area contributed by atoms with Crippen LogP contribution < -0.4 is 5.43 Å². The SMILES string of the molecule is N#CC(C#N)=NNc1ccc(-c2n[nH]c3c2CCCC3)cc1. The lowest BCUT2D eigenvalue weighted by atomic mass is 9.94. The minimum atomic E-state index is -0.203. The first-order valence-electron chi connectivity index (χ1n) is 7.12. The summed E-state index contributed by atoms with van der Waals surface area (Å²) in [5.41, 5.74) is 7.85. The molecular weight excluding hydrogens is 276 g/mol. The summed E-state index contributed by atoms with van der Waals surface area (Å²) in [5.74, 6) is 0. The highest BCUT2D eigenvalue weighted by Gasteiger charge is 2.17. The molecule has 0 aliphatic heterocycles. The van der Waals surface area contributed by atoms with E-state index in [0.717, 1.165) is 29.8 Å². The molecule has 22 heavy (non-hydrogen) atoms. The minimum Gasteiger partial charge on any atom is -0.282 e. The number of fused-ring (bicyclic) bond motifs is 1. The molecule has 0 fully saturated rings. The summed E-state index contributed by atoms with van der Waals surface area (Å²) < 4.78 is 0. The summed E-state index contributed by atoms with van der Waals surface area (Å²) >= 11 is 0. The summed E-state index contributed by atoms with van der Waals surface area (Å²) in [6, 6.07) is 11.0. The minimum absolute atomic E-state index is 0.203. The zero-order valence-electron chi connectivity index (χ0n) is 11.9. The van der Waals surface area contributed by atoms with E-state index in [0.29, 0.717) is 0 Å². The van der Waals surface area contributed by atoms with Crippen molar-refractivity contribution in [1.29, 1.82) is 10.5 Å². The Labute approximate surface area is 128 Å². The molecule has 1 aromatic heterocycles. The first-order valence-corrected chi connectivity index (χ1v) is 7.12. The van der Waals surface area contributed by atoms with E-state index in [1.165, 1.54) is 24.1 Å². The van der Waals surface area contributed by atoms with Crippen LogP contribution in [0.3, 0.4) is 0 Å². The summed E-state index contributed by atoms with van der Waals surface area (Å²) in [4.78, 5) is 0. The first-order chi connectivity index (χ1) is 10.8. The van der Waals surface area contributed by atoms with Gasteiger partial charge in [0.15, 0.2) is 0 Å². The number of aromatic amines is 1. The van der Waals surface area contributed by atoms with Gasteiger partial charge in [0.05, 0.1) is 11.4 Å². The van der Waals surface area contributed by atoms with Crippen molar-refractivity contribution in [3.8, 4) is 23.4 Å². The average molecular weight is 290 g/mol. The van der Waals surface area contributed by atoms with E-state index < -0.39 is 0 Å². The smallest absolute Gasteiger partial charge is 0.237 e. The van der Waals surface area contributed by atoms with Crippen molar-refractivity contribution in [3.05, 3.63) is 35.5 Å².